The number of hydrogen-bond donors (Lipinski definition) is 0. The molecule has 5 rings (SSSR count). The lowest BCUT2D eigenvalue weighted by Gasteiger charge is -2.17. The number of rotatable bonds is 1. The Bertz CT molecular complexity index is 1540. The fourth-order valence-electron chi connectivity index (χ4n) is 5.07. The van der Waals surface area contributed by atoms with E-state index in [2.05, 4.69) is 90.9 Å². The molecule has 0 atom stereocenters. The van der Waals surface area contributed by atoms with Gasteiger partial charge in [-0.05, 0) is 126 Å². The molecule has 154 valence electrons. The second-order valence-corrected chi connectivity index (χ2v) is 9.14. The van der Waals surface area contributed by atoms with Crippen molar-refractivity contribution in [2.45, 2.75) is 48.5 Å². The van der Waals surface area contributed by atoms with Crippen LogP contribution in [0.2, 0.25) is 0 Å². The summed E-state index contributed by atoms with van der Waals surface area (Å²) < 4.78 is 0. The Hall–Kier alpha value is -3.19. The van der Waals surface area contributed by atoms with Gasteiger partial charge in [0.2, 0.25) is 0 Å². The molecule has 0 aliphatic heterocycles. The number of benzene rings is 4. The van der Waals surface area contributed by atoms with E-state index in [1.807, 2.05) is 6.20 Å². The zero-order chi connectivity index (χ0) is 22.0. The number of nitrogens with zero attached hydrogens (tertiary/aromatic N) is 1. The molecular formula is C30H29N. The maximum absolute atomic E-state index is 4.86. The zero-order valence-corrected chi connectivity index (χ0v) is 19.6. The molecule has 0 spiro atoms. The zero-order valence-electron chi connectivity index (χ0n) is 19.6. The fraction of sp³-hybridized carbons (Fsp3) is 0.233. The molecule has 0 radical (unpaired) electrons. The first-order chi connectivity index (χ1) is 14.8. The van der Waals surface area contributed by atoms with Crippen molar-refractivity contribution in [1.82, 2.24) is 4.98 Å². The molecular weight excluding hydrogens is 374 g/mol. The van der Waals surface area contributed by atoms with Gasteiger partial charge in [0.1, 0.15) is 0 Å². The Morgan fingerprint density at radius 3 is 1.74 bits per heavy atom. The largest absolute Gasteiger partial charge is 0.256 e. The average molecular weight is 404 g/mol. The molecule has 0 saturated heterocycles. The Labute approximate surface area is 184 Å². The van der Waals surface area contributed by atoms with Crippen LogP contribution in [0, 0.1) is 48.5 Å². The molecule has 0 unspecified atom stereocenters. The summed E-state index contributed by atoms with van der Waals surface area (Å²) in [5, 5.41) is 7.81. The fourth-order valence-corrected chi connectivity index (χ4v) is 5.07. The number of hydrogen-bond acceptors (Lipinski definition) is 1. The van der Waals surface area contributed by atoms with Crippen molar-refractivity contribution in [3.05, 3.63) is 87.6 Å². The van der Waals surface area contributed by atoms with Crippen LogP contribution in [0.5, 0.6) is 0 Å². The highest BCUT2D eigenvalue weighted by Crippen LogP contribution is 2.38. The van der Waals surface area contributed by atoms with Crippen LogP contribution in [0.15, 0.2) is 48.7 Å². The van der Waals surface area contributed by atoms with Gasteiger partial charge in [0.15, 0.2) is 0 Å². The minimum atomic E-state index is 1.08. The first-order valence-electron chi connectivity index (χ1n) is 11.1. The molecule has 0 aliphatic carbocycles. The molecule has 0 N–H and O–H groups in total. The summed E-state index contributed by atoms with van der Waals surface area (Å²) in [6.07, 6.45) is 1.97. The van der Waals surface area contributed by atoms with Crippen molar-refractivity contribution in [3.8, 4) is 11.3 Å². The first kappa shape index (κ1) is 19.8. The predicted octanol–water partition coefficient (Wildman–Crippen LogP) is 8.37. The summed E-state index contributed by atoms with van der Waals surface area (Å²) in [6.45, 7) is 15.5. The lowest BCUT2D eigenvalue weighted by molar-refractivity contribution is 1.21. The van der Waals surface area contributed by atoms with E-state index in [9.17, 15) is 0 Å². The molecule has 0 saturated carbocycles. The van der Waals surface area contributed by atoms with Crippen molar-refractivity contribution in [2.24, 2.45) is 0 Å². The molecule has 1 nitrogen and oxygen atoms in total. The first-order valence-corrected chi connectivity index (χ1v) is 11.1. The van der Waals surface area contributed by atoms with Gasteiger partial charge in [0, 0.05) is 17.1 Å². The van der Waals surface area contributed by atoms with Crippen LogP contribution in [0.25, 0.3) is 43.6 Å². The van der Waals surface area contributed by atoms with Crippen molar-refractivity contribution in [2.75, 3.05) is 0 Å². The van der Waals surface area contributed by atoms with E-state index < -0.39 is 0 Å². The summed E-state index contributed by atoms with van der Waals surface area (Å²) in [7, 11) is 0. The molecule has 0 amide bonds. The summed E-state index contributed by atoms with van der Waals surface area (Å²) >= 11 is 0. The van der Waals surface area contributed by atoms with Crippen molar-refractivity contribution in [1.29, 1.82) is 0 Å². The highest BCUT2D eigenvalue weighted by atomic mass is 14.7. The highest BCUT2D eigenvalue weighted by Gasteiger charge is 2.15. The lowest BCUT2D eigenvalue weighted by Crippen LogP contribution is -1.97. The number of pyridine rings is 1. The van der Waals surface area contributed by atoms with E-state index in [0.29, 0.717) is 0 Å². The van der Waals surface area contributed by atoms with Crippen LogP contribution in [-0.2, 0) is 0 Å². The summed E-state index contributed by atoms with van der Waals surface area (Å²) in [6, 6.07) is 16.0. The SMILES string of the molecule is Cc1cc(-c2nccc3c2ccc2c4cc(C)c(C)c(C)c4ccc32)c(C)c(C)c1C. The van der Waals surface area contributed by atoms with Gasteiger partial charge in [-0.15, -0.1) is 0 Å². The number of aryl methyl sites for hydroxylation is 3. The van der Waals surface area contributed by atoms with E-state index in [4.69, 9.17) is 4.98 Å². The van der Waals surface area contributed by atoms with E-state index >= 15 is 0 Å². The van der Waals surface area contributed by atoms with Crippen LogP contribution in [-0.4, -0.2) is 4.98 Å². The smallest absolute Gasteiger partial charge is 0.0783 e. The van der Waals surface area contributed by atoms with Crippen LogP contribution < -0.4 is 0 Å². The van der Waals surface area contributed by atoms with Gasteiger partial charge >= 0.3 is 0 Å². The predicted molar refractivity (Wildman–Crippen MR) is 135 cm³/mol. The lowest BCUT2D eigenvalue weighted by atomic mass is 9.89. The van der Waals surface area contributed by atoms with Crippen molar-refractivity contribution < 1.29 is 0 Å². The Morgan fingerprint density at radius 2 is 1.00 bits per heavy atom. The molecule has 0 bridgehead atoms. The molecule has 5 aromatic rings. The standard InChI is InChI=1S/C30H29N/c1-16-14-28(22(7)20(5)18(16)3)30-27-11-10-25-24(26(27)12-13-31-30)9-8-23-21(6)19(4)17(2)15-29(23)25/h8-15H,1-7H3. The quantitative estimate of drug-likeness (QED) is 0.256. The molecule has 0 aliphatic rings. The number of aromatic nitrogens is 1. The third-order valence-electron chi connectivity index (χ3n) is 7.64. The van der Waals surface area contributed by atoms with E-state index in [-0.39, 0.29) is 0 Å². The van der Waals surface area contributed by atoms with Gasteiger partial charge in [-0.25, -0.2) is 0 Å². The van der Waals surface area contributed by atoms with Gasteiger partial charge in [-0.3, -0.25) is 4.98 Å². The minimum Gasteiger partial charge on any atom is -0.256 e. The normalized spacial score (nSPS) is 11.7. The number of fused-ring (bicyclic) bond motifs is 5. The van der Waals surface area contributed by atoms with Crippen LogP contribution in [0.4, 0.5) is 0 Å². The van der Waals surface area contributed by atoms with Crippen LogP contribution in [0.3, 0.4) is 0 Å². The van der Waals surface area contributed by atoms with Gasteiger partial charge in [0.25, 0.3) is 0 Å². The minimum absolute atomic E-state index is 1.08. The van der Waals surface area contributed by atoms with Gasteiger partial charge in [0.05, 0.1) is 5.69 Å². The molecule has 1 heteroatoms. The third kappa shape index (κ3) is 2.80. The van der Waals surface area contributed by atoms with E-state index in [1.54, 1.807) is 0 Å². The van der Waals surface area contributed by atoms with Gasteiger partial charge < -0.3 is 0 Å². The Morgan fingerprint density at radius 1 is 0.452 bits per heavy atom. The summed E-state index contributed by atoms with van der Waals surface area (Å²) in [4.78, 5) is 4.86. The monoisotopic (exact) mass is 403 g/mol. The topological polar surface area (TPSA) is 12.9 Å². The second-order valence-electron chi connectivity index (χ2n) is 9.14. The maximum Gasteiger partial charge on any atom is 0.0783 e. The van der Waals surface area contributed by atoms with Crippen molar-refractivity contribution in [3.63, 3.8) is 0 Å². The molecule has 31 heavy (non-hydrogen) atoms. The van der Waals surface area contributed by atoms with Crippen LogP contribution in [0.1, 0.15) is 38.9 Å². The van der Waals surface area contributed by atoms with E-state index in [1.165, 1.54) is 76.8 Å². The van der Waals surface area contributed by atoms with Crippen molar-refractivity contribution >= 4 is 32.3 Å². The maximum atomic E-state index is 4.86. The van der Waals surface area contributed by atoms with Gasteiger partial charge in [-0.1, -0.05) is 30.3 Å². The van der Waals surface area contributed by atoms with Crippen LogP contribution >= 0.6 is 0 Å². The van der Waals surface area contributed by atoms with E-state index in [0.717, 1.165) is 5.69 Å². The van der Waals surface area contributed by atoms with Gasteiger partial charge in [-0.2, -0.15) is 0 Å². The molecule has 1 aromatic heterocycles. The Balaban J connectivity index is 1.88. The summed E-state index contributed by atoms with van der Waals surface area (Å²) in [5.74, 6) is 0. The molecule has 4 aromatic carbocycles. The highest BCUT2D eigenvalue weighted by molar-refractivity contribution is 6.19. The molecule has 0 fully saturated rings. The Kier molecular flexibility index (Phi) is 4.41. The second kappa shape index (κ2) is 6.92. The summed E-state index contributed by atoms with van der Waals surface area (Å²) in [5.41, 5.74) is 11.8. The molecule has 1 heterocycles. The third-order valence-corrected chi connectivity index (χ3v) is 7.64. The average Bonchev–Trinajstić information content (AvgIpc) is 2.77.